The number of nitrogens with zero attached hydrogens (tertiary/aromatic N) is 3. The van der Waals surface area contributed by atoms with Crippen molar-refractivity contribution in [2.75, 3.05) is 28.9 Å². The molecule has 3 aliphatic heterocycles. The maximum atomic E-state index is 13.2. The fraction of sp³-hybridized carbons (Fsp3) is 0.287. The molecule has 9 aromatic carbocycles. The highest BCUT2D eigenvalue weighted by Gasteiger charge is 2.43. The molecule has 3 heterocycles. The zero-order valence-corrected chi connectivity index (χ0v) is 57.1. The quantitative estimate of drug-likeness (QED) is 0.0302. The lowest BCUT2D eigenvalue weighted by atomic mass is 9.88. The van der Waals surface area contributed by atoms with Crippen LogP contribution in [0.5, 0.6) is 34.5 Å². The van der Waals surface area contributed by atoms with Gasteiger partial charge in [0.15, 0.2) is 0 Å². The van der Waals surface area contributed by atoms with E-state index in [1.54, 1.807) is 74.9 Å². The second-order valence-corrected chi connectivity index (χ2v) is 26.5. The van der Waals surface area contributed by atoms with Gasteiger partial charge in [0.25, 0.3) is 0 Å². The lowest BCUT2D eigenvalue weighted by Crippen LogP contribution is -2.28. The van der Waals surface area contributed by atoms with Crippen LogP contribution in [0.25, 0.3) is 0 Å². The summed E-state index contributed by atoms with van der Waals surface area (Å²) in [4.78, 5) is 8.84. The highest BCUT2D eigenvalue weighted by molar-refractivity contribution is 7.81. The van der Waals surface area contributed by atoms with Crippen molar-refractivity contribution < 1.29 is 58.4 Å². The number of hydrogen-bond donors (Lipinski definition) is 7. The van der Waals surface area contributed by atoms with Gasteiger partial charge in [-0.3, -0.25) is 0 Å². The van der Waals surface area contributed by atoms with Crippen LogP contribution in [0.1, 0.15) is 147 Å². The minimum atomic E-state index is -0.658. The van der Waals surface area contributed by atoms with E-state index in [9.17, 15) is 48.9 Å². The van der Waals surface area contributed by atoms with Gasteiger partial charge in [-0.25, -0.2) is 13.2 Å². The van der Waals surface area contributed by atoms with Crippen molar-refractivity contribution >= 4 is 68.7 Å². The number of anilines is 3. The Balaban J connectivity index is 0.000000159. The van der Waals surface area contributed by atoms with Gasteiger partial charge in [0.05, 0.1) is 65.6 Å². The van der Waals surface area contributed by atoms with Crippen molar-refractivity contribution in [2.24, 2.45) is 17.8 Å². The van der Waals surface area contributed by atoms with Crippen LogP contribution in [0.15, 0.2) is 218 Å². The van der Waals surface area contributed by atoms with E-state index in [2.05, 4.69) is 14.7 Å². The molecule has 7 N–H and O–H groups in total. The van der Waals surface area contributed by atoms with Crippen molar-refractivity contribution in [1.82, 2.24) is 0 Å². The second kappa shape index (κ2) is 34.1. The van der Waals surface area contributed by atoms with Crippen LogP contribution in [0.4, 0.5) is 30.2 Å². The van der Waals surface area contributed by atoms with Crippen molar-refractivity contribution in [3.05, 3.63) is 269 Å². The van der Waals surface area contributed by atoms with Gasteiger partial charge in [0, 0.05) is 71.2 Å². The van der Waals surface area contributed by atoms with Crippen LogP contribution in [0, 0.1) is 35.2 Å². The van der Waals surface area contributed by atoms with Gasteiger partial charge in [-0.2, -0.15) is 0 Å². The first-order chi connectivity index (χ1) is 47.4. The lowest BCUT2D eigenvalue weighted by Gasteiger charge is -2.31. The summed E-state index contributed by atoms with van der Waals surface area (Å²) in [5, 5.41) is 73.6. The molecule has 9 aromatic rings. The average Bonchev–Trinajstić information content (AvgIpc) is 1.60. The molecule has 4 unspecified atom stereocenters. The molecule has 18 heteroatoms. The van der Waals surface area contributed by atoms with E-state index in [4.69, 9.17) is 46.1 Å². The molecule has 9 atom stereocenters. The molecule has 3 aliphatic rings. The molecule has 12 nitrogen and oxygen atoms in total. The van der Waals surface area contributed by atoms with Gasteiger partial charge in [0.2, 0.25) is 0 Å². The van der Waals surface area contributed by atoms with Crippen LogP contribution in [0.3, 0.4) is 0 Å². The van der Waals surface area contributed by atoms with Crippen molar-refractivity contribution in [1.29, 1.82) is 0 Å². The van der Waals surface area contributed by atoms with Gasteiger partial charge in [-0.15, -0.1) is 0 Å². The van der Waals surface area contributed by atoms with Crippen LogP contribution in [-0.2, 0) is 0 Å². The summed E-state index contributed by atoms with van der Waals surface area (Å²) in [7, 11) is 3.15. The van der Waals surface area contributed by atoms with E-state index in [1.807, 2.05) is 115 Å². The maximum Gasteiger partial charge on any atom is 0.124 e. The fourth-order valence-electron chi connectivity index (χ4n) is 13.9. The first-order valence-corrected chi connectivity index (χ1v) is 34.3. The average molecular weight is 1380 g/mol. The maximum absolute atomic E-state index is 13.2. The van der Waals surface area contributed by atoms with E-state index in [0.717, 1.165) is 100 Å². The van der Waals surface area contributed by atoms with Crippen molar-refractivity contribution in [3.63, 3.8) is 0 Å². The predicted octanol–water partition coefficient (Wildman–Crippen LogP) is 18.7. The largest absolute Gasteiger partial charge is 0.508 e. The summed E-state index contributed by atoms with van der Waals surface area (Å²) in [6, 6.07) is 62.8. The Hall–Kier alpha value is -8.88. The molecule has 98 heavy (non-hydrogen) atoms. The molecule has 0 saturated carbocycles. The van der Waals surface area contributed by atoms with Gasteiger partial charge in [-0.1, -0.05) is 147 Å². The molecule has 0 spiro atoms. The number of phenols is 4. The highest BCUT2D eigenvalue weighted by atomic mass is 32.1. The standard InChI is InChI=1S/2C27H28FNO3S.C26H26FNO3S/c2*1-32-22-14-15-23(25(31)17-22)27-19(16-26(33)29(27)21-7-3-2-4-8-21)6-5-9-24(30)18-10-12-20(28)13-11-18;27-19-11-9-17(10-12-19)23(30)8-4-5-18-15-25(32)28(20-6-2-1-3-7-20)26(18)22-14-13-21(29)16-24(22)31/h2*2-4,7-8,10-15,17,19,24,27,30-31H,5-6,9,16H2,1H3;1-3,6-7,9-14,16,18,23,26,29-31H,4-5,8,15H2/t19-,24?,27-;19-,24+,27-;/m00./s1. The minimum absolute atomic E-state index is 0.0112. The Bertz CT molecular complexity index is 3910. The molecule has 12 rings (SSSR count). The number of hydrogen-bond acceptors (Lipinski definition) is 12. The zero-order valence-electron chi connectivity index (χ0n) is 54.6. The number of methoxy groups -OCH3 is 2. The number of benzene rings is 9. The lowest BCUT2D eigenvalue weighted by molar-refractivity contribution is 0.160. The zero-order chi connectivity index (χ0) is 69.4. The Morgan fingerprint density at radius 1 is 0.378 bits per heavy atom. The summed E-state index contributed by atoms with van der Waals surface area (Å²) in [6.45, 7) is 0. The molecule has 510 valence electrons. The van der Waals surface area contributed by atoms with Crippen molar-refractivity contribution in [2.45, 2.75) is 113 Å². The highest BCUT2D eigenvalue weighted by Crippen LogP contribution is 2.51. The topological polar surface area (TPSA) is 170 Å². The van der Waals surface area contributed by atoms with Crippen LogP contribution >= 0.6 is 36.7 Å². The Kier molecular flexibility index (Phi) is 25.0. The van der Waals surface area contributed by atoms with E-state index in [0.29, 0.717) is 53.9 Å². The number of para-hydroxylation sites is 3. The monoisotopic (exact) mass is 1380 g/mol. The number of rotatable bonds is 23. The number of aliphatic hydroxyl groups is 3. The first-order valence-electron chi connectivity index (χ1n) is 33.1. The van der Waals surface area contributed by atoms with Crippen LogP contribution < -0.4 is 24.2 Å². The molecular weight excluding hydrogens is 1300 g/mol. The summed E-state index contributed by atoms with van der Waals surface area (Å²) in [5.41, 5.74) is 7.42. The predicted molar refractivity (Wildman–Crippen MR) is 392 cm³/mol. The van der Waals surface area contributed by atoms with Gasteiger partial charge in [0.1, 0.15) is 51.9 Å². The van der Waals surface area contributed by atoms with Crippen LogP contribution in [-0.4, -0.2) is 64.9 Å². The molecule has 0 aromatic heterocycles. The van der Waals surface area contributed by atoms with E-state index < -0.39 is 18.3 Å². The Morgan fingerprint density at radius 2 is 0.653 bits per heavy atom. The smallest absolute Gasteiger partial charge is 0.124 e. The molecule has 3 saturated heterocycles. The van der Waals surface area contributed by atoms with E-state index >= 15 is 0 Å². The van der Waals surface area contributed by atoms with Crippen LogP contribution in [0.2, 0.25) is 0 Å². The van der Waals surface area contributed by atoms with E-state index in [1.165, 1.54) is 42.5 Å². The molecule has 0 radical (unpaired) electrons. The SMILES string of the molecule is COc1ccc([C@@H]2[C@@H](CCCC(O)c3ccc(F)cc3)CC(=S)N2c2ccccc2)c(O)c1.COc1ccc([C@@H]2[C@@H](CCC[C@@H](O)c3ccc(F)cc3)CC(=S)N2c2ccccc2)c(O)c1.Oc1ccc(C2C(CCCC(O)c3ccc(F)cc3)CC(=S)N2c2ccccc2)c(O)c1. The number of aliphatic hydroxyl groups excluding tert-OH is 3. The first kappa shape index (κ1) is 71.9. The molecule has 3 fully saturated rings. The third kappa shape index (κ3) is 17.9. The fourth-order valence-corrected chi connectivity index (χ4v) is 15.2. The van der Waals surface area contributed by atoms with Gasteiger partial charge in [-0.05, 0) is 182 Å². The minimum Gasteiger partial charge on any atom is -0.508 e. The van der Waals surface area contributed by atoms with Crippen molar-refractivity contribution in [3.8, 4) is 34.5 Å². The molecule has 0 bridgehead atoms. The number of ether oxygens (including phenoxy) is 2. The second-order valence-electron chi connectivity index (χ2n) is 25.1. The van der Waals surface area contributed by atoms with Gasteiger partial charge >= 0.3 is 0 Å². The Morgan fingerprint density at radius 3 is 0.918 bits per heavy atom. The molecule has 0 amide bonds. The molecular formula is C80H82F3N3O9S3. The normalized spacial score (nSPS) is 19.1. The number of thiocarbonyl (C=S) groups is 3. The summed E-state index contributed by atoms with van der Waals surface area (Å²) < 4.78 is 50.0. The third-order valence-corrected chi connectivity index (χ3v) is 19.9. The third-order valence-electron chi connectivity index (χ3n) is 18.8. The van der Waals surface area contributed by atoms with Gasteiger partial charge < -0.3 is 59.9 Å². The number of phenolic OH excluding ortho intramolecular Hbond substituents is 4. The number of halogens is 3. The molecule has 0 aliphatic carbocycles. The Labute approximate surface area is 587 Å². The summed E-state index contributed by atoms with van der Waals surface area (Å²) in [6.07, 6.45) is 6.68. The summed E-state index contributed by atoms with van der Waals surface area (Å²) in [5.74, 6) is 1.16. The summed E-state index contributed by atoms with van der Waals surface area (Å²) >= 11 is 17.3. The number of aromatic hydroxyl groups is 4. The van der Waals surface area contributed by atoms with E-state index in [-0.39, 0.29) is 76.3 Å².